The van der Waals surface area contributed by atoms with Gasteiger partial charge in [0.1, 0.15) is 19.0 Å². The van der Waals surface area contributed by atoms with Crippen molar-refractivity contribution in [2.75, 3.05) is 21.0 Å². The molecular weight excluding hydrogens is 585 g/mol. The predicted octanol–water partition coefficient (Wildman–Crippen LogP) is -1.45. The molecule has 1 amide bonds. The molecule has 13 heteroatoms. The predicted molar refractivity (Wildman–Crippen MR) is 153 cm³/mol. The molecule has 3 heterocycles. The Kier molecular flexibility index (Phi) is 15.7. The molecule has 3 fully saturated rings. The Morgan fingerprint density at radius 2 is 1.75 bits per heavy atom. The van der Waals surface area contributed by atoms with E-state index in [0.29, 0.717) is 19.3 Å². The standard InChI is InChI=1S/C31H53NO11.Na/c1-18-16-31(39-7,43-20(3)19(18)2)26(36)28(37)32-29-25-24(40-17-41-29)27(38-6)30(4,5)22(42-25)15-21(33)13-11-9-8-10-12-14-23(34)35;/h19-22,24-27,29,33,36H,1,8-17H2,2-7H3,(H,32,37)(H,34,35);/q;+1/p-1/t19-,20-,21-,22-,24+,25+,26-,27-,29-,31-;/m1./s1. The number of carbonyl (C=O) groups is 2. The minimum atomic E-state index is -1.68. The Bertz CT molecular complexity index is 952. The van der Waals surface area contributed by atoms with Crippen LogP contribution in [0.25, 0.3) is 0 Å². The van der Waals surface area contributed by atoms with Crippen LogP contribution in [0.5, 0.6) is 0 Å². The molecule has 0 spiro atoms. The molecule has 10 atom stereocenters. The monoisotopic (exact) mass is 637 g/mol. The normalized spacial score (nSPS) is 34.7. The topological polar surface area (TPSA) is 165 Å². The number of aliphatic hydroxyl groups is 2. The van der Waals surface area contributed by atoms with Gasteiger partial charge in [0.05, 0.1) is 24.4 Å². The number of hydrogen-bond acceptors (Lipinski definition) is 11. The first-order chi connectivity index (χ1) is 20.3. The maximum Gasteiger partial charge on any atom is 1.00 e. The van der Waals surface area contributed by atoms with Gasteiger partial charge in [-0.05, 0) is 26.2 Å². The molecule has 0 saturated carbocycles. The van der Waals surface area contributed by atoms with Crippen molar-refractivity contribution in [2.24, 2.45) is 11.3 Å². The molecule has 44 heavy (non-hydrogen) atoms. The number of aliphatic hydroxyl groups excluding tert-OH is 2. The van der Waals surface area contributed by atoms with Crippen LogP contribution in [0, 0.1) is 11.3 Å². The third-order valence-electron chi connectivity index (χ3n) is 9.47. The first kappa shape index (κ1) is 39.5. The van der Waals surface area contributed by atoms with Crippen LogP contribution in [0.15, 0.2) is 12.2 Å². The molecule has 0 aliphatic carbocycles. The van der Waals surface area contributed by atoms with Crippen LogP contribution in [0.2, 0.25) is 0 Å². The van der Waals surface area contributed by atoms with E-state index in [4.69, 9.17) is 28.4 Å². The van der Waals surface area contributed by atoms with Gasteiger partial charge in [0.15, 0.2) is 12.3 Å². The van der Waals surface area contributed by atoms with Crippen molar-refractivity contribution >= 4 is 11.9 Å². The Morgan fingerprint density at radius 3 is 2.36 bits per heavy atom. The summed E-state index contributed by atoms with van der Waals surface area (Å²) < 4.78 is 35.7. The van der Waals surface area contributed by atoms with Crippen molar-refractivity contribution in [1.29, 1.82) is 0 Å². The van der Waals surface area contributed by atoms with Crippen LogP contribution < -0.4 is 40.0 Å². The van der Waals surface area contributed by atoms with Gasteiger partial charge in [0, 0.05) is 44.4 Å². The van der Waals surface area contributed by atoms with E-state index in [1.165, 1.54) is 7.11 Å². The molecule has 0 aromatic rings. The summed E-state index contributed by atoms with van der Waals surface area (Å²) in [5, 5.41) is 35.4. The summed E-state index contributed by atoms with van der Waals surface area (Å²) in [4.78, 5) is 23.9. The molecule has 0 aromatic carbocycles. The van der Waals surface area contributed by atoms with E-state index in [0.717, 1.165) is 31.3 Å². The maximum atomic E-state index is 13.4. The van der Waals surface area contributed by atoms with Crippen LogP contribution >= 0.6 is 0 Å². The Balaban J connectivity index is 0.00000675. The molecule has 0 bridgehead atoms. The van der Waals surface area contributed by atoms with Crippen molar-refractivity contribution in [1.82, 2.24) is 5.32 Å². The Labute approximate surface area is 283 Å². The van der Waals surface area contributed by atoms with Gasteiger partial charge in [-0.2, -0.15) is 0 Å². The number of rotatable bonds is 15. The number of hydrogen-bond donors (Lipinski definition) is 3. The maximum absolute atomic E-state index is 13.4. The number of carbonyl (C=O) groups excluding carboxylic acids is 2. The average molecular weight is 638 g/mol. The largest absolute Gasteiger partial charge is 1.00 e. The summed E-state index contributed by atoms with van der Waals surface area (Å²) in [5.74, 6) is -3.33. The SMILES string of the molecule is C=C1C[C@](OC)([C@H](O)C(=O)N[C@@H]2OCO[C@H]3[C@@H]2O[C@H](C[C@H](O)CCCCCCCC(=O)[O-])C(C)(C)[C@@H]3OC)O[C@H](C)[C@@H]1C.[Na+]. The molecule has 248 valence electrons. The summed E-state index contributed by atoms with van der Waals surface area (Å²) in [7, 11) is 2.98. The zero-order valence-corrected chi connectivity index (χ0v) is 29.5. The zero-order valence-electron chi connectivity index (χ0n) is 27.5. The summed E-state index contributed by atoms with van der Waals surface area (Å²) in [6.07, 6.45) is -0.702. The fourth-order valence-corrected chi connectivity index (χ4v) is 6.48. The third-order valence-corrected chi connectivity index (χ3v) is 9.47. The second-order valence-electron chi connectivity index (χ2n) is 12.8. The number of fused-ring (bicyclic) bond motifs is 1. The third kappa shape index (κ3) is 9.47. The minimum absolute atomic E-state index is 0. The number of ether oxygens (including phenoxy) is 6. The second-order valence-corrected chi connectivity index (χ2v) is 12.8. The van der Waals surface area contributed by atoms with Crippen LogP contribution in [0.1, 0.15) is 85.5 Å². The molecule has 3 aliphatic heterocycles. The van der Waals surface area contributed by atoms with Crippen molar-refractivity contribution in [3.8, 4) is 0 Å². The molecular formula is C31H52NNaO11. The van der Waals surface area contributed by atoms with Crippen molar-refractivity contribution in [2.45, 2.75) is 140 Å². The van der Waals surface area contributed by atoms with Crippen molar-refractivity contribution < 1.29 is 82.9 Å². The number of carboxylic acids is 1. The van der Waals surface area contributed by atoms with Gasteiger partial charge in [-0.15, -0.1) is 0 Å². The Hall–Kier alpha value is -0.640. The second kappa shape index (κ2) is 17.5. The van der Waals surface area contributed by atoms with Gasteiger partial charge in [-0.25, -0.2) is 0 Å². The van der Waals surface area contributed by atoms with E-state index in [-0.39, 0.29) is 61.2 Å². The van der Waals surface area contributed by atoms with Gasteiger partial charge in [-0.3, -0.25) is 4.79 Å². The number of nitrogens with one attached hydrogen (secondary N) is 1. The zero-order chi connectivity index (χ0) is 31.9. The number of aliphatic carboxylic acids is 1. The molecule has 3 saturated heterocycles. The molecule has 12 nitrogen and oxygen atoms in total. The van der Waals surface area contributed by atoms with Crippen LogP contribution in [0.3, 0.4) is 0 Å². The van der Waals surface area contributed by atoms with E-state index >= 15 is 0 Å². The molecule has 0 radical (unpaired) electrons. The molecule has 0 aromatic heterocycles. The number of methoxy groups -OCH3 is 2. The van der Waals surface area contributed by atoms with E-state index in [2.05, 4.69) is 11.9 Å². The molecule has 3 rings (SSSR count). The minimum Gasteiger partial charge on any atom is -0.550 e. The van der Waals surface area contributed by atoms with Crippen molar-refractivity contribution in [3.63, 3.8) is 0 Å². The quantitative estimate of drug-likeness (QED) is 0.109. The van der Waals surface area contributed by atoms with E-state index in [1.54, 1.807) is 7.11 Å². The van der Waals surface area contributed by atoms with Crippen LogP contribution in [0.4, 0.5) is 0 Å². The summed E-state index contributed by atoms with van der Waals surface area (Å²) in [6, 6.07) is 0. The fraction of sp³-hybridized carbons (Fsp3) is 0.871. The Morgan fingerprint density at radius 1 is 1.09 bits per heavy atom. The number of carboxylic acid groups (broad SMARTS) is 1. The average Bonchev–Trinajstić information content (AvgIpc) is 2.95. The smallest absolute Gasteiger partial charge is 0.550 e. The van der Waals surface area contributed by atoms with Crippen LogP contribution in [-0.4, -0.2) is 97.8 Å². The van der Waals surface area contributed by atoms with E-state index < -0.39 is 65.9 Å². The first-order valence-electron chi connectivity index (χ1n) is 15.5. The van der Waals surface area contributed by atoms with Gasteiger partial charge in [0.25, 0.3) is 5.91 Å². The summed E-state index contributed by atoms with van der Waals surface area (Å²) in [5.41, 5.74) is 0.268. The number of amides is 1. The fourth-order valence-electron chi connectivity index (χ4n) is 6.48. The van der Waals surface area contributed by atoms with Gasteiger partial charge < -0.3 is 53.9 Å². The van der Waals surface area contributed by atoms with Gasteiger partial charge in [-0.1, -0.05) is 58.6 Å². The summed E-state index contributed by atoms with van der Waals surface area (Å²) in [6.45, 7) is 11.8. The van der Waals surface area contributed by atoms with E-state index in [1.807, 2.05) is 27.7 Å². The first-order valence-corrected chi connectivity index (χ1v) is 15.5. The molecule has 3 aliphatic rings. The van der Waals surface area contributed by atoms with E-state index in [9.17, 15) is 24.9 Å². The summed E-state index contributed by atoms with van der Waals surface area (Å²) >= 11 is 0. The van der Waals surface area contributed by atoms with Crippen molar-refractivity contribution in [3.05, 3.63) is 12.2 Å². The van der Waals surface area contributed by atoms with Gasteiger partial charge >= 0.3 is 29.6 Å². The molecule has 0 unspecified atom stereocenters. The van der Waals surface area contributed by atoms with Gasteiger partial charge in [0.2, 0.25) is 5.79 Å². The van der Waals surface area contributed by atoms with Crippen LogP contribution in [-0.2, 0) is 38.0 Å². The number of unbranched alkanes of at least 4 members (excludes halogenated alkanes) is 4. The molecule has 3 N–H and O–H groups in total.